The molecule has 0 radical (unpaired) electrons. The maximum atomic E-state index is 14.5. The monoisotopic (exact) mass is 596 g/mol. The SMILES string of the molecule is CC(C)(C)[C@@H](NC(=O)C(F)(F)F)C(=O)N1C[C@H]2CCC[C@H]2[C@@H]1C(=O)N[C@@H](/C=C(\F)S(C)(=O)=O)C[C@H]1CCNC1=O. The van der Waals surface area contributed by atoms with Gasteiger partial charge in [-0.05, 0) is 49.0 Å². The Labute approximate surface area is 230 Å². The lowest BCUT2D eigenvalue weighted by molar-refractivity contribution is -0.176. The Morgan fingerprint density at radius 3 is 2.30 bits per heavy atom. The molecule has 3 rings (SSSR count). The van der Waals surface area contributed by atoms with Crippen LogP contribution in [0.25, 0.3) is 0 Å². The van der Waals surface area contributed by atoms with Crippen LogP contribution in [-0.2, 0) is 29.0 Å². The Kier molecular flexibility index (Phi) is 9.26. The first-order chi connectivity index (χ1) is 18.3. The number of amides is 4. The number of likely N-dealkylation sites (tertiary alicyclic amines) is 1. The molecule has 0 aromatic rings. The number of carbonyl (C=O) groups excluding carboxylic acids is 4. The van der Waals surface area contributed by atoms with Crippen molar-refractivity contribution in [2.24, 2.45) is 23.2 Å². The van der Waals surface area contributed by atoms with Crippen molar-refractivity contribution in [2.45, 2.75) is 77.2 Å². The van der Waals surface area contributed by atoms with E-state index in [0.717, 1.165) is 6.42 Å². The van der Waals surface area contributed by atoms with E-state index in [4.69, 9.17) is 0 Å². The fourth-order valence-corrected chi connectivity index (χ4v) is 6.20. The third kappa shape index (κ3) is 7.32. The van der Waals surface area contributed by atoms with Crippen LogP contribution in [0.4, 0.5) is 17.6 Å². The topological polar surface area (TPSA) is 142 Å². The van der Waals surface area contributed by atoms with Gasteiger partial charge in [0, 0.05) is 25.3 Å². The number of hydrogen-bond donors (Lipinski definition) is 3. The fourth-order valence-electron chi connectivity index (χ4n) is 5.79. The van der Waals surface area contributed by atoms with E-state index >= 15 is 0 Å². The van der Waals surface area contributed by atoms with Crippen LogP contribution in [0.15, 0.2) is 11.2 Å². The van der Waals surface area contributed by atoms with E-state index in [-0.39, 0.29) is 30.7 Å². The number of halogens is 4. The van der Waals surface area contributed by atoms with Gasteiger partial charge in [0.2, 0.25) is 32.7 Å². The van der Waals surface area contributed by atoms with Crippen LogP contribution >= 0.6 is 0 Å². The number of nitrogens with zero attached hydrogens (tertiary/aromatic N) is 1. The predicted molar refractivity (Wildman–Crippen MR) is 135 cm³/mol. The molecule has 0 unspecified atom stereocenters. The highest BCUT2D eigenvalue weighted by atomic mass is 32.2. The second-order valence-electron chi connectivity index (χ2n) is 11.9. The molecule has 3 aliphatic rings. The molecular formula is C25H36F4N4O6S. The molecule has 2 heterocycles. The number of sulfone groups is 1. The summed E-state index contributed by atoms with van der Waals surface area (Å²) < 4.78 is 77.1. The van der Waals surface area contributed by atoms with E-state index in [9.17, 15) is 45.2 Å². The van der Waals surface area contributed by atoms with Gasteiger partial charge in [-0.2, -0.15) is 17.6 Å². The first kappa shape index (κ1) is 31.8. The first-order valence-electron chi connectivity index (χ1n) is 13.1. The van der Waals surface area contributed by atoms with E-state index in [1.165, 1.54) is 25.7 Å². The van der Waals surface area contributed by atoms with E-state index < -0.39 is 68.4 Å². The zero-order chi connectivity index (χ0) is 30.2. The maximum Gasteiger partial charge on any atom is 0.471 e. The lowest BCUT2D eigenvalue weighted by Crippen LogP contribution is -2.60. The lowest BCUT2D eigenvalue weighted by atomic mass is 9.85. The van der Waals surface area contributed by atoms with Crippen molar-refractivity contribution >= 4 is 33.5 Å². The molecule has 3 N–H and O–H groups in total. The Bertz CT molecular complexity index is 1170. The molecule has 1 aliphatic carbocycles. The summed E-state index contributed by atoms with van der Waals surface area (Å²) in [6, 6.07) is -3.95. The van der Waals surface area contributed by atoms with Gasteiger partial charge in [0.25, 0.3) is 0 Å². The Morgan fingerprint density at radius 2 is 1.77 bits per heavy atom. The summed E-state index contributed by atoms with van der Waals surface area (Å²) in [7, 11) is -4.24. The van der Waals surface area contributed by atoms with Crippen LogP contribution in [0, 0.1) is 23.2 Å². The Hall–Kier alpha value is -2.71. The van der Waals surface area contributed by atoms with Crippen molar-refractivity contribution in [3.8, 4) is 0 Å². The molecular weight excluding hydrogens is 560 g/mol. The lowest BCUT2D eigenvalue weighted by Gasteiger charge is -2.36. The smallest absolute Gasteiger partial charge is 0.356 e. The summed E-state index contributed by atoms with van der Waals surface area (Å²) in [6.07, 6.45) is -1.55. The minimum Gasteiger partial charge on any atom is -0.356 e. The van der Waals surface area contributed by atoms with E-state index in [0.29, 0.717) is 38.1 Å². The van der Waals surface area contributed by atoms with Crippen molar-refractivity contribution < 1.29 is 45.2 Å². The van der Waals surface area contributed by atoms with Gasteiger partial charge in [-0.3, -0.25) is 19.2 Å². The van der Waals surface area contributed by atoms with Gasteiger partial charge in [0.05, 0.1) is 6.04 Å². The third-order valence-electron chi connectivity index (χ3n) is 7.80. The van der Waals surface area contributed by atoms with Gasteiger partial charge in [0.15, 0.2) is 0 Å². The minimum absolute atomic E-state index is 0.0826. The van der Waals surface area contributed by atoms with Crippen molar-refractivity contribution in [1.29, 1.82) is 0 Å². The van der Waals surface area contributed by atoms with Crippen molar-refractivity contribution in [3.05, 3.63) is 11.2 Å². The highest BCUT2D eigenvalue weighted by Crippen LogP contribution is 2.43. The summed E-state index contributed by atoms with van der Waals surface area (Å²) in [6.45, 7) is 4.91. The Balaban J connectivity index is 1.91. The summed E-state index contributed by atoms with van der Waals surface area (Å²) >= 11 is 0. The highest BCUT2D eigenvalue weighted by molar-refractivity contribution is 7.94. The maximum absolute atomic E-state index is 14.5. The number of carbonyl (C=O) groups is 4. The van der Waals surface area contributed by atoms with Crippen LogP contribution in [-0.4, -0.2) is 80.6 Å². The highest BCUT2D eigenvalue weighted by Gasteiger charge is 2.53. The summed E-state index contributed by atoms with van der Waals surface area (Å²) in [5.74, 6) is -5.25. The number of fused-ring (bicyclic) bond motifs is 1. The second kappa shape index (κ2) is 11.6. The molecule has 40 heavy (non-hydrogen) atoms. The largest absolute Gasteiger partial charge is 0.471 e. The number of rotatable bonds is 8. The summed E-state index contributed by atoms with van der Waals surface area (Å²) in [5, 5.41) is 5.50. The molecule has 0 bridgehead atoms. The zero-order valence-corrected chi connectivity index (χ0v) is 23.6. The molecule has 2 aliphatic heterocycles. The van der Waals surface area contributed by atoms with Crippen LogP contribution in [0.2, 0.25) is 0 Å². The predicted octanol–water partition coefficient (Wildman–Crippen LogP) is 1.57. The fraction of sp³-hybridized carbons (Fsp3) is 0.760. The average Bonchev–Trinajstić information content (AvgIpc) is 3.50. The van der Waals surface area contributed by atoms with Crippen molar-refractivity contribution in [3.63, 3.8) is 0 Å². The molecule has 4 amide bonds. The number of alkyl halides is 3. The summed E-state index contributed by atoms with van der Waals surface area (Å²) in [4.78, 5) is 52.4. The van der Waals surface area contributed by atoms with E-state index in [2.05, 4.69) is 10.6 Å². The quantitative estimate of drug-likeness (QED) is 0.364. The molecule has 3 fully saturated rings. The molecule has 0 aromatic heterocycles. The van der Waals surface area contributed by atoms with Gasteiger partial charge in [0.1, 0.15) is 12.1 Å². The molecule has 1 saturated carbocycles. The van der Waals surface area contributed by atoms with Crippen molar-refractivity contribution in [1.82, 2.24) is 20.9 Å². The van der Waals surface area contributed by atoms with Gasteiger partial charge < -0.3 is 20.9 Å². The third-order valence-corrected chi connectivity index (χ3v) is 8.65. The summed E-state index contributed by atoms with van der Waals surface area (Å²) in [5.41, 5.74) is -1.14. The number of hydrogen-bond acceptors (Lipinski definition) is 6. The van der Waals surface area contributed by atoms with Crippen LogP contribution in [0.3, 0.4) is 0 Å². The normalized spacial score (nSPS) is 27.1. The second-order valence-corrected chi connectivity index (χ2v) is 13.9. The molecule has 0 aromatic carbocycles. The molecule has 226 valence electrons. The van der Waals surface area contributed by atoms with Crippen LogP contribution in [0.5, 0.6) is 0 Å². The van der Waals surface area contributed by atoms with Gasteiger partial charge >= 0.3 is 12.1 Å². The van der Waals surface area contributed by atoms with Crippen LogP contribution in [0.1, 0.15) is 52.9 Å². The standard InChI is InChI=1S/C25H36F4N4O6S/c1-24(2,3)19(32-23(37)25(27,28)29)22(36)33-12-14-6-5-7-16(14)18(33)21(35)31-15(11-17(26)40(4,38)39)10-13-8-9-30-20(13)34/h11,13-16,18-19H,5-10,12H2,1-4H3,(H,30,34)(H,31,35)(H,32,37)/b17-11+/t13-,14-,15-,16-,18-,19+/m1/s1. The Morgan fingerprint density at radius 1 is 1.12 bits per heavy atom. The average molecular weight is 597 g/mol. The van der Waals surface area contributed by atoms with E-state index in [1.54, 1.807) is 5.32 Å². The zero-order valence-electron chi connectivity index (χ0n) is 22.8. The van der Waals surface area contributed by atoms with Crippen LogP contribution < -0.4 is 16.0 Å². The first-order valence-corrected chi connectivity index (χ1v) is 15.0. The minimum atomic E-state index is -5.22. The molecule has 10 nitrogen and oxygen atoms in total. The van der Waals surface area contributed by atoms with Gasteiger partial charge in [-0.25, -0.2) is 8.42 Å². The van der Waals surface area contributed by atoms with Crippen molar-refractivity contribution in [2.75, 3.05) is 19.3 Å². The molecule has 2 saturated heterocycles. The van der Waals surface area contributed by atoms with E-state index in [1.807, 2.05) is 0 Å². The molecule has 0 spiro atoms. The number of nitrogens with one attached hydrogen (secondary N) is 3. The molecule has 15 heteroatoms. The molecule has 6 atom stereocenters. The van der Waals surface area contributed by atoms with Gasteiger partial charge in [-0.15, -0.1) is 0 Å². The van der Waals surface area contributed by atoms with Gasteiger partial charge in [-0.1, -0.05) is 27.2 Å².